The van der Waals surface area contributed by atoms with Gasteiger partial charge < -0.3 is 10.8 Å². The molecule has 14 heavy (non-hydrogen) atoms. The average Bonchev–Trinajstić information content (AvgIpc) is 2.17. The van der Waals surface area contributed by atoms with Gasteiger partial charge in [0.15, 0.2) is 0 Å². The molecule has 78 valence electrons. The predicted octanol–water partition coefficient (Wildman–Crippen LogP) is 1.28. The molecule has 0 aliphatic rings. The van der Waals surface area contributed by atoms with E-state index in [-0.39, 0.29) is 17.8 Å². The van der Waals surface area contributed by atoms with E-state index in [2.05, 4.69) is 4.98 Å². The minimum atomic E-state index is -2.62. The number of hydrogen-bond acceptors (Lipinski definition) is 3. The van der Waals surface area contributed by atoms with Gasteiger partial charge >= 0.3 is 0 Å². The van der Waals surface area contributed by atoms with Gasteiger partial charge in [0.2, 0.25) is 0 Å². The molecule has 1 heterocycles. The van der Waals surface area contributed by atoms with Crippen molar-refractivity contribution in [1.82, 2.24) is 4.98 Å². The molecule has 0 atom stereocenters. The van der Waals surface area contributed by atoms with E-state index >= 15 is 0 Å². The number of aliphatic hydroxyl groups is 1. The quantitative estimate of drug-likeness (QED) is 0.776. The predicted molar refractivity (Wildman–Crippen MR) is 47.7 cm³/mol. The van der Waals surface area contributed by atoms with Gasteiger partial charge in [0.1, 0.15) is 0 Å². The van der Waals surface area contributed by atoms with Gasteiger partial charge in [0.25, 0.3) is 6.43 Å². The van der Waals surface area contributed by atoms with Crippen LogP contribution in [0.3, 0.4) is 0 Å². The summed E-state index contributed by atoms with van der Waals surface area (Å²) in [6.07, 6.45) is -2.62. The van der Waals surface area contributed by atoms with Gasteiger partial charge in [-0.1, -0.05) is 0 Å². The Morgan fingerprint density at radius 1 is 1.50 bits per heavy atom. The number of alkyl halides is 2. The molecule has 0 spiro atoms. The van der Waals surface area contributed by atoms with Crippen LogP contribution in [-0.2, 0) is 13.2 Å². The third kappa shape index (κ3) is 2.05. The lowest BCUT2D eigenvalue weighted by atomic mass is 10.1. The Kier molecular flexibility index (Phi) is 3.49. The molecule has 1 aromatic heterocycles. The molecule has 0 radical (unpaired) electrons. The molecule has 1 aromatic rings. The van der Waals surface area contributed by atoms with Crippen LogP contribution in [0.15, 0.2) is 6.07 Å². The van der Waals surface area contributed by atoms with Crippen molar-refractivity contribution >= 4 is 0 Å². The zero-order chi connectivity index (χ0) is 10.7. The Labute approximate surface area is 80.6 Å². The highest BCUT2D eigenvalue weighted by molar-refractivity contribution is 5.30. The largest absolute Gasteiger partial charge is 0.390 e. The average molecular weight is 202 g/mol. The van der Waals surface area contributed by atoms with Crippen LogP contribution in [0.4, 0.5) is 8.78 Å². The molecular weight excluding hydrogens is 190 g/mol. The van der Waals surface area contributed by atoms with Gasteiger partial charge in [-0.05, 0) is 18.6 Å². The molecule has 0 bridgehead atoms. The first-order chi connectivity index (χ1) is 6.60. The standard InChI is InChI=1S/C9H12F2N2O/c1-5-2-6(9(10)11)8(4-14)13-7(5)3-12/h2,9,14H,3-4,12H2,1H3. The van der Waals surface area contributed by atoms with E-state index in [0.29, 0.717) is 11.3 Å². The highest BCUT2D eigenvalue weighted by Crippen LogP contribution is 2.23. The van der Waals surface area contributed by atoms with Gasteiger partial charge in [0.05, 0.1) is 18.0 Å². The van der Waals surface area contributed by atoms with Crippen molar-refractivity contribution in [3.63, 3.8) is 0 Å². The Bertz CT molecular complexity index is 329. The van der Waals surface area contributed by atoms with E-state index in [4.69, 9.17) is 10.8 Å². The summed E-state index contributed by atoms with van der Waals surface area (Å²) in [5, 5.41) is 8.84. The number of aliphatic hydroxyl groups excluding tert-OH is 1. The van der Waals surface area contributed by atoms with Crippen LogP contribution in [0.1, 0.15) is 28.9 Å². The van der Waals surface area contributed by atoms with Gasteiger partial charge in [0, 0.05) is 12.1 Å². The van der Waals surface area contributed by atoms with Crippen LogP contribution in [0.5, 0.6) is 0 Å². The second-order valence-electron chi connectivity index (χ2n) is 2.95. The maximum Gasteiger partial charge on any atom is 0.265 e. The molecule has 0 aromatic carbocycles. The maximum absolute atomic E-state index is 12.4. The summed E-state index contributed by atoms with van der Waals surface area (Å²) in [5.74, 6) is 0. The zero-order valence-corrected chi connectivity index (χ0v) is 7.80. The summed E-state index contributed by atoms with van der Waals surface area (Å²) < 4.78 is 24.9. The first-order valence-electron chi connectivity index (χ1n) is 4.18. The topological polar surface area (TPSA) is 59.1 Å². The second-order valence-corrected chi connectivity index (χ2v) is 2.95. The number of nitrogens with two attached hydrogens (primary N) is 1. The number of pyridine rings is 1. The highest BCUT2D eigenvalue weighted by atomic mass is 19.3. The first-order valence-corrected chi connectivity index (χ1v) is 4.18. The van der Waals surface area contributed by atoms with Crippen molar-refractivity contribution < 1.29 is 13.9 Å². The van der Waals surface area contributed by atoms with Crippen molar-refractivity contribution in [3.8, 4) is 0 Å². The zero-order valence-electron chi connectivity index (χ0n) is 7.80. The molecule has 5 heteroatoms. The fraction of sp³-hybridized carbons (Fsp3) is 0.444. The monoisotopic (exact) mass is 202 g/mol. The smallest absolute Gasteiger partial charge is 0.265 e. The Balaban J connectivity index is 3.24. The first kappa shape index (κ1) is 11.0. The summed E-state index contributed by atoms with van der Waals surface area (Å²) in [5.41, 5.74) is 6.32. The molecule has 0 saturated carbocycles. The fourth-order valence-electron chi connectivity index (χ4n) is 1.24. The van der Waals surface area contributed by atoms with Gasteiger partial charge in [-0.2, -0.15) is 0 Å². The number of aryl methyl sites for hydroxylation is 1. The number of rotatable bonds is 3. The van der Waals surface area contributed by atoms with Gasteiger partial charge in [-0.3, -0.25) is 4.98 Å². The van der Waals surface area contributed by atoms with Crippen LogP contribution in [-0.4, -0.2) is 10.1 Å². The van der Waals surface area contributed by atoms with Crippen molar-refractivity contribution in [2.75, 3.05) is 0 Å². The molecule has 1 rings (SSSR count). The lowest BCUT2D eigenvalue weighted by Crippen LogP contribution is -2.08. The highest BCUT2D eigenvalue weighted by Gasteiger charge is 2.15. The van der Waals surface area contributed by atoms with Crippen molar-refractivity contribution in [2.45, 2.75) is 26.5 Å². The maximum atomic E-state index is 12.4. The number of nitrogens with zero attached hydrogens (tertiary/aromatic N) is 1. The molecular formula is C9H12F2N2O. The van der Waals surface area contributed by atoms with Crippen LogP contribution in [0, 0.1) is 6.92 Å². The number of aromatic nitrogens is 1. The Morgan fingerprint density at radius 2 is 2.14 bits per heavy atom. The molecule has 0 amide bonds. The molecule has 0 saturated heterocycles. The van der Waals surface area contributed by atoms with E-state index in [1.165, 1.54) is 6.07 Å². The molecule has 0 aliphatic carbocycles. The van der Waals surface area contributed by atoms with E-state index in [1.807, 2.05) is 0 Å². The summed E-state index contributed by atoms with van der Waals surface area (Å²) in [6, 6.07) is 1.32. The molecule has 3 nitrogen and oxygen atoms in total. The summed E-state index contributed by atoms with van der Waals surface area (Å²) in [7, 11) is 0. The van der Waals surface area contributed by atoms with Crippen LogP contribution < -0.4 is 5.73 Å². The number of hydrogen-bond donors (Lipinski definition) is 2. The van der Waals surface area contributed by atoms with Crippen LogP contribution >= 0.6 is 0 Å². The van der Waals surface area contributed by atoms with Gasteiger partial charge in [-0.25, -0.2) is 8.78 Å². The minimum absolute atomic E-state index is 0.00560. The van der Waals surface area contributed by atoms with E-state index in [1.54, 1.807) is 6.92 Å². The number of halogens is 2. The van der Waals surface area contributed by atoms with E-state index in [9.17, 15) is 8.78 Å². The summed E-state index contributed by atoms with van der Waals surface area (Å²) in [4.78, 5) is 3.88. The van der Waals surface area contributed by atoms with Crippen LogP contribution in [0.2, 0.25) is 0 Å². The second kappa shape index (κ2) is 4.43. The third-order valence-corrected chi connectivity index (χ3v) is 2.01. The van der Waals surface area contributed by atoms with Gasteiger partial charge in [-0.15, -0.1) is 0 Å². The van der Waals surface area contributed by atoms with E-state index in [0.717, 1.165) is 0 Å². The minimum Gasteiger partial charge on any atom is -0.390 e. The lowest BCUT2D eigenvalue weighted by molar-refractivity contribution is 0.146. The lowest BCUT2D eigenvalue weighted by Gasteiger charge is -2.10. The van der Waals surface area contributed by atoms with E-state index < -0.39 is 13.0 Å². The Hall–Kier alpha value is -1.07. The molecule has 0 aliphatic heterocycles. The van der Waals surface area contributed by atoms with Crippen molar-refractivity contribution in [1.29, 1.82) is 0 Å². The molecule has 0 fully saturated rings. The third-order valence-electron chi connectivity index (χ3n) is 2.01. The summed E-state index contributed by atoms with van der Waals surface area (Å²) >= 11 is 0. The van der Waals surface area contributed by atoms with Crippen molar-refractivity contribution in [3.05, 3.63) is 28.6 Å². The summed E-state index contributed by atoms with van der Waals surface area (Å²) in [6.45, 7) is 1.36. The van der Waals surface area contributed by atoms with Crippen LogP contribution in [0.25, 0.3) is 0 Å². The Morgan fingerprint density at radius 3 is 2.57 bits per heavy atom. The SMILES string of the molecule is Cc1cc(C(F)F)c(CO)nc1CN. The fourth-order valence-corrected chi connectivity index (χ4v) is 1.24. The molecule has 3 N–H and O–H groups in total. The normalized spacial score (nSPS) is 11.0. The van der Waals surface area contributed by atoms with Crippen molar-refractivity contribution in [2.24, 2.45) is 5.73 Å². The molecule has 0 unspecified atom stereocenters.